The van der Waals surface area contributed by atoms with Crippen LogP contribution in [-0.2, 0) is 10.0 Å². The van der Waals surface area contributed by atoms with Crippen molar-refractivity contribution in [3.63, 3.8) is 0 Å². The van der Waals surface area contributed by atoms with E-state index in [9.17, 15) is 13.2 Å². The van der Waals surface area contributed by atoms with Crippen molar-refractivity contribution in [1.82, 2.24) is 4.72 Å². The minimum absolute atomic E-state index is 0.0532. The summed E-state index contributed by atoms with van der Waals surface area (Å²) in [5.41, 5.74) is 5.93. The van der Waals surface area contributed by atoms with Crippen LogP contribution in [0.2, 0.25) is 0 Å². The highest BCUT2D eigenvalue weighted by atomic mass is 32.2. The molecule has 0 aliphatic carbocycles. The van der Waals surface area contributed by atoms with Gasteiger partial charge in [-0.05, 0) is 31.5 Å². The molecule has 0 unspecified atom stereocenters. The Hall–Kier alpha value is -1.44. The summed E-state index contributed by atoms with van der Waals surface area (Å²) >= 11 is 0. The molecule has 0 fully saturated rings. The average Bonchev–Trinajstić information content (AvgIpc) is 2.26. The van der Waals surface area contributed by atoms with E-state index < -0.39 is 22.0 Å². The van der Waals surface area contributed by atoms with Gasteiger partial charge in [0, 0.05) is 12.1 Å². The second-order valence-electron chi connectivity index (χ2n) is 4.04. The number of carbonyl (C=O) groups excluding carboxylic acids is 1. The smallest absolute Gasteiger partial charge is 0.249 e. The lowest BCUT2D eigenvalue weighted by molar-refractivity contribution is 0.0999. The summed E-state index contributed by atoms with van der Waals surface area (Å²) in [5.74, 6) is -0.680. The van der Waals surface area contributed by atoms with Crippen molar-refractivity contribution < 1.29 is 18.3 Å². The zero-order chi connectivity index (χ0) is 13.9. The first-order valence-corrected chi connectivity index (χ1v) is 6.80. The Morgan fingerprint density at radius 1 is 1.50 bits per heavy atom. The van der Waals surface area contributed by atoms with Crippen molar-refractivity contribution in [3.8, 4) is 0 Å². The summed E-state index contributed by atoms with van der Waals surface area (Å²) in [6.07, 6.45) is -0.791. The van der Waals surface area contributed by atoms with Crippen molar-refractivity contribution in [2.75, 3.05) is 6.54 Å². The number of aliphatic hydroxyl groups is 1. The topological polar surface area (TPSA) is 109 Å². The number of carbonyl (C=O) groups is 1. The normalized spacial score (nSPS) is 13.3. The molecule has 0 aliphatic rings. The number of primary amides is 1. The second kappa shape index (κ2) is 5.47. The van der Waals surface area contributed by atoms with Crippen LogP contribution < -0.4 is 10.5 Å². The lowest BCUT2D eigenvalue weighted by Crippen LogP contribution is -2.30. The molecule has 4 N–H and O–H groups in total. The third kappa shape index (κ3) is 3.52. The molecule has 7 heteroatoms. The highest BCUT2D eigenvalue weighted by molar-refractivity contribution is 7.89. The van der Waals surface area contributed by atoms with E-state index >= 15 is 0 Å². The molecule has 1 aromatic rings. The van der Waals surface area contributed by atoms with Gasteiger partial charge in [0.25, 0.3) is 0 Å². The minimum atomic E-state index is -3.75. The third-order valence-corrected chi connectivity index (χ3v) is 3.77. The zero-order valence-corrected chi connectivity index (χ0v) is 11.0. The van der Waals surface area contributed by atoms with Crippen molar-refractivity contribution in [2.45, 2.75) is 24.8 Å². The Balaban J connectivity index is 3.10. The summed E-state index contributed by atoms with van der Waals surface area (Å²) in [6.45, 7) is 3.04. The number of nitrogens with one attached hydrogen (secondary N) is 1. The molecule has 0 aliphatic heterocycles. The van der Waals surface area contributed by atoms with Crippen LogP contribution in [0.3, 0.4) is 0 Å². The van der Waals surface area contributed by atoms with E-state index in [-0.39, 0.29) is 17.0 Å². The summed E-state index contributed by atoms with van der Waals surface area (Å²) in [6, 6.07) is 4.12. The Kier molecular flexibility index (Phi) is 4.44. The molecule has 0 heterocycles. The average molecular weight is 272 g/mol. The van der Waals surface area contributed by atoms with Crippen molar-refractivity contribution in [2.24, 2.45) is 5.73 Å². The monoisotopic (exact) mass is 272 g/mol. The number of rotatable bonds is 5. The van der Waals surface area contributed by atoms with Gasteiger partial charge in [-0.1, -0.05) is 6.07 Å². The van der Waals surface area contributed by atoms with Crippen molar-refractivity contribution >= 4 is 15.9 Å². The maximum Gasteiger partial charge on any atom is 0.249 e. The number of amides is 1. The van der Waals surface area contributed by atoms with Crippen LogP contribution in [0, 0.1) is 6.92 Å². The number of hydrogen-bond acceptors (Lipinski definition) is 4. The third-order valence-electron chi connectivity index (χ3n) is 2.35. The Morgan fingerprint density at radius 3 is 2.61 bits per heavy atom. The number of aliphatic hydroxyl groups excluding tert-OH is 1. The SMILES string of the molecule is Cc1ccc(S(=O)(=O)NC[C@H](C)O)cc1C(N)=O. The maximum atomic E-state index is 11.8. The summed E-state index contributed by atoms with van der Waals surface area (Å²) in [5, 5.41) is 9.05. The molecule has 1 amide bonds. The van der Waals surface area contributed by atoms with E-state index in [1.807, 2.05) is 0 Å². The molecule has 0 bridgehead atoms. The quantitative estimate of drug-likeness (QED) is 0.686. The van der Waals surface area contributed by atoms with Crippen molar-refractivity contribution in [1.29, 1.82) is 0 Å². The van der Waals surface area contributed by atoms with Crippen LogP contribution in [0.15, 0.2) is 23.1 Å². The fourth-order valence-corrected chi connectivity index (χ4v) is 2.49. The van der Waals surface area contributed by atoms with Gasteiger partial charge in [0.15, 0.2) is 0 Å². The molecule has 0 spiro atoms. The van der Waals surface area contributed by atoms with Crippen LogP contribution in [0.4, 0.5) is 0 Å². The molecule has 0 radical (unpaired) electrons. The highest BCUT2D eigenvalue weighted by Gasteiger charge is 2.17. The molecule has 0 saturated carbocycles. The predicted octanol–water partition coefficient (Wildman–Crippen LogP) is -0.247. The first-order chi connectivity index (χ1) is 8.24. The molecule has 18 heavy (non-hydrogen) atoms. The van der Waals surface area contributed by atoms with Gasteiger partial charge in [-0.3, -0.25) is 4.79 Å². The van der Waals surface area contributed by atoms with E-state index in [2.05, 4.69) is 4.72 Å². The van der Waals surface area contributed by atoms with Gasteiger partial charge in [-0.25, -0.2) is 13.1 Å². The van der Waals surface area contributed by atoms with Crippen LogP contribution >= 0.6 is 0 Å². The standard InChI is InChI=1S/C11H16N2O4S/c1-7-3-4-9(5-10(7)11(12)15)18(16,17)13-6-8(2)14/h3-5,8,13-14H,6H2,1-2H3,(H2,12,15)/t8-/m0/s1. The molecule has 0 saturated heterocycles. The van der Waals surface area contributed by atoms with Gasteiger partial charge in [-0.15, -0.1) is 0 Å². The van der Waals surface area contributed by atoms with Gasteiger partial charge in [0.1, 0.15) is 0 Å². The molecule has 1 rings (SSSR count). The first-order valence-electron chi connectivity index (χ1n) is 5.32. The lowest BCUT2D eigenvalue weighted by Gasteiger charge is -2.10. The molecule has 6 nitrogen and oxygen atoms in total. The Bertz CT molecular complexity index is 552. The molecule has 1 atom stereocenters. The van der Waals surface area contributed by atoms with Crippen LogP contribution in [0.25, 0.3) is 0 Å². The van der Waals surface area contributed by atoms with Crippen LogP contribution in [0.1, 0.15) is 22.8 Å². The van der Waals surface area contributed by atoms with E-state index in [1.54, 1.807) is 6.92 Å². The first kappa shape index (κ1) is 14.6. The number of benzene rings is 1. The van der Waals surface area contributed by atoms with E-state index in [1.165, 1.54) is 25.1 Å². The van der Waals surface area contributed by atoms with Crippen molar-refractivity contribution in [3.05, 3.63) is 29.3 Å². The number of sulfonamides is 1. The molecule has 100 valence electrons. The van der Waals surface area contributed by atoms with Gasteiger partial charge in [0.2, 0.25) is 15.9 Å². The van der Waals surface area contributed by atoms with Gasteiger partial charge >= 0.3 is 0 Å². The molecular weight excluding hydrogens is 256 g/mol. The summed E-state index contributed by atoms with van der Waals surface area (Å²) in [4.78, 5) is 11.1. The highest BCUT2D eigenvalue weighted by Crippen LogP contribution is 2.15. The van der Waals surface area contributed by atoms with Gasteiger partial charge < -0.3 is 10.8 Å². The Labute approximate surface area is 106 Å². The van der Waals surface area contributed by atoms with Crippen LogP contribution in [0.5, 0.6) is 0 Å². The van der Waals surface area contributed by atoms with E-state index in [4.69, 9.17) is 10.8 Å². The minimum Gasteiger partial charge on any atom is -0.392 e. The predicted molar refractivity (Wildman–Crippen MR) is 66.6 cm³/mol. The fraction of sp³-hybridized carbons (Fsp3) is 0.364. The number of hydrogen-bond donors (Lipinski definition) is 3. The number of aryl methyl sites for hydroxylation is 1. The molecule has 1 aromatic carbocycles. The maximum absolute atomic E-state index is 11.8. The lowest BCUT2D eigenvalue weighted by atomic mass is 10.1. The fourth-order valence-electron chi connectivity index (χ4n) is 1.35. The summed E-state index contributed by atoms with van der Waals surface area (Å²) in [7, 11) is -3.75. The van der Waals surface area contributed by atoms with Gasteiger partial charge in [-0.2, -0.15) is 0 Å². The zero-order valence-electron chi connectivity index (χ0n) is 10.2. The van der Waals surface area contributed by atoms with Crippen LogP contribution in [-0.4, -0.2) is 32.1 Å². The van der Waals surface area contributed by atoms with E-state index in [0.29, 0.717) is 5.56 Å². The Morgan fingerprint density at radius 2 is 2.11 bits per heavy atom. The second-order valence-corrected chi connectivity index (χ2v) is 5.81. The van der Waals surface area contributed by atoms with E-state index in [0.717, 1.165) is 0 Å². The number of nitrogens with two attached hydrogens (primary N) is 1. The molecular formula is C11H16N2O4S. The largest absolute Gasteiger partial charge is 0.392 e. The van der Waals surface area contributed by atoms with Gasteiger partial charge in [0.05, 0.1) is 11.0 Å². The summed E-state index contributed by atoms with van der Waals surface area (Å²) < 4.78 is 25.9. The molecule has 0 aromatic heterocycles.